The van der Waals surface area contributed by atoms with E-state index in [0.717, 1.165) is 25.3 Å². The highest BCUT2D eigenvalue weighted by molar-refractivity contribution is 5.47. The maximum Gasteiger partial charge on any atom is 0.120 e. The summed E-state index contributed by atoms with van der Waals surface area (Å²) < 4.78 is 5.48. The monoisotopic (exact) mass is 236 g/mol. The van der Waals surface area contributed by atoms with Crippen LogP contribution in [0.2, 0.25) is 0 Å². The molecule has 0 unspecified atom stereocenters. The number of nitrogens with zero attached hydrogens (tertiary/aromatic N) is 1. The third kappa shape index (κ3) is 2.70. The summed E-state index contributed by atoms with van der Waals surface area (Å²) >= 11 is 0. The number of phenols is 1. The van der Waals surface area contributed by atoms with Crippen molar-refractivity contribution in [2.45, 2.75) is 25.9 Å². The lowest BCUT2D eigenvalue weighted by atomic mass is 10.0. The molecule has 1 aromatic carbocycles. The van der Waals surface area contributed by atoms with Crippen molar-refractivity contribution in [1.29, 1.82) is 0 Å². The summed E-state index contributed by atoms with van der Waals surface area (Å²) in [6, 6.07) is 5.20. The molecule has 0 radical (unpaired) electrons. The van der Waals surface area contributed by atoms with Crippen LogP contribution in [0.4, 0.5) is 5.69 Å². The third-order valence-electron chi connectivity index (χ3n) is 3.28. The van der Waals surface area contributed by atoms with Crippen molar-refractivity contribution in [1.82, 2.24) is 4.90 Å². The standard InChI is InChI=1S/C13H20N2O2/c1-13(2)9-17-6-5-15(13)8-10-7-11(14)3-4-12(10)16/h3-4,7,16H,5-6,8-9,14H2,1-2H3. The Balaban J connectivity index is 2.16. The summed E-state index contributed by atoms with van der Waals surface area (Å²) in [5.41, 5.74) is 7.30. The molecule has 94 valence electrons. The van der Waals surface area contributed by atoms with Gasteiger partial charge in [-0.2, -0.15) is 0 Å². The van der Waals surface area contributed by atoms with Crippen LogP contribution in [-0.4, -0.2) is 35.3 Å². The molecular formula is C13H20N2O2. The van der Waals surface area contributed by atoms with Gasteiger partial charge in [0.1, 0.15) is 5.75 Å². The van der Waals surface area contributed by atoms with E-state index in [-0.39, 0.29) is 5.54 Å². The number of nitrogens with two attached hydrogens (primary N) is 1. The lowest BCUT2D eigenvalue weighted by Gasteiger charge is -2.42. The van der Waals surface area contributed by atoms with Gasteiger partial charge in [0, 0.05) is 29.9 Å². The highest BCUT2D eigenvalue weighted by atomic mass is 16.5. The van der Waals surface area contributed by atoms with Crippen molar-refractivity contribution in [2.75, 3.05) is 25.5 Å². The fraction of sp³-hybridized carbons (Fsp3) is 0.538. The summed E-state index contributed by atoms with van der Waals surface area (Å²) in [4.78, 5) is 2.31. The van der Waals surface area contributed by atoms with E-state index < -0.39 is 0 Å². The second-order valence-electron chi connectivity index (χ2n) is 5.17. The van der Waals surface area contributed by atoms with E-state index in [1.54, 1.807) is 12.1 Å². The van der Waals surface area contributed by atoms with Crippen LogP contribution >= 0.6 is 0 Å². The number of hydrogen-bond donors (Lipinski definition) is 2. The zero-order valence-corrected chi connectivity index (χ0v) is 10.4. The number of aromatic hydroxyl groups is 1. The van der Waals surface area contributed by atoms with Crippen LogP contribution in [0.5, 0.6) is 5.75 Å². The molecule has 0 atom stereocenters. The highest BCUT2D eigenvalue weighted by Gasteiger charge is 2.30. The molecule has 1 fully saturated rings. The predicted octanol–water partition coefficient (Wildman–Crippen LogP) is 1.59. The van der Waals surface area contributed by atoms with E-state index in [1.165, 1.54) is 0 Å². The Morgan fingerprint density at radius 2 is 2.24 bits per heavy atom. The molecule has 1 aromatic rings. The van der Waals surface area contributed by atoms with Crippen molar-refractivity contribution >= 4 is 5.69 Å². The average Bonchev–Trinajstić information content (AvgIpc) is 2.26. The lowest BCUT2D eigenvalue weighted by Crippen LogP contribution is -2.52. The number of anilines is 1. The summed E-state index contributed by atoms with van der Waals surface area (Å²) in [7, 11) is 0. The Morgan fingerprint density at radius 3 is 2.94 bits per heavy atom. The smallest absolute Gasteiger partial charge is 0.120 e. The number of phenolic OH excluding ortho intramolecular Hbond substituents is 1. The van der Waals surface area contributed by atoms with Crippen LogP contribution in [0.25, 0.3) is 0 Å². The summed E-state index contributed by atoms with van der Waals surface area (Å²) in [5, 5.41) is 9.82. The zero-order chi connectivity index (χ0) is 12.5. The molecule has 0 saturated carbocycles. The molecule has 4 nitrogen and oxygen atoms in total. The largest absolute Gasteiger partial charge is 0.508 e. The Bertz CT molecular complexity index is 404. The number of ether oxygens (including phenoxy) is 1. The fourth-order valence-electron chi connectivity index (χ4n) is 2.12. The van der Waals surface area contributed by atoms with Gasteiger partial charge in [-0.3, -0.25) is 4.90 Å². The summed E-state index contributed by atoms with van der Waals surface area (Å²) in [5.74, 6) is 0.307. The van der Waals surface area contributed by atoms with Crippen molar-refractivity contribution < 1.29 is 9.84 Å². The molecule has 0 bridgehead atoms. The van der Waals surface area contributed by atoms with E-state index in [2.05, 4.69) is 18.7 Å². The second kappa shape index (κ2) is 4.55. The van der Waals surface area contributed by atoms with Crippen molar-refractivity contribution in [2.24, 2.45) is 0 Å². The molecule has 1 aliphatic rings. The first-order valence-corrected chi connectivity index (χ1v) is 5.89. The molecule has 2 rings (SSSR count). The minimum absolute atomic E-state index is 0.00467. The van der Waals surface area contributed by atoms with Crippen LogP contribution in [0.3, 0.4) is 0 Å². The first kappa shape index (κ1) is 12.2. The summed E-state index contributed by atoms with van der Waals surface area (Å²) in [6.45, 7) is 7.34. The number of rotatable bonds is 2. The molecule has 0 aromatic heterocycles. The van der Waals surface area contributed by atoms with Crippen LogP contribution in [0, 0.1) is 0 Å². The van der Waals surface area contributed by atoms with Crippen LogP contribution in [0.1, 0.15) is 19.4 Å². The highest BCUT2D eigenvalue weighted by Crippen LogP contribution is 2.26. The molecule has 0 aliphatic carbocycles. The van der Waals surface area contributed by atoms with Crippen LogP contribution in [-0.2, 0) is 11.3 Å². The Morgan fingerprint density at radius 1 is 1.47 bits per heavy atom. The van der Waals surface area contributed by atoms with Crippen LogP contribution < -0.4 is 5.73 Å². The van der Waals surface area contributed by atoms with Gasteiger partial charge < -0.3 is 15.6 Å². The molecule has 1 heterocycles. The minimum Gasteiger partial charge on any atom is -0.508 e. The SMILES string of the molecule is CC1(C)COCCN1Cc1cc(N)ccc1O. The number of benzene rings is 1. The molecule has 3 N–H and O–H groups in total. The van der Waals surface area contributed by atoms with Gasteiger partial charge in [0.05, 0.1) is 13.2 Å². The third-order valence-corrected chi connectivity index (χ3v) is 3.28. The van der Waals surface area contributed by atoms with Gasteiger partial charge in [0.2, 0.25) is 0 Å². The summed E-state index contributed by atoms with van der Waals surface area (Å²) in [6.07, 6.45) is 0. The minimum atomic E-state index is -0.00467. The molecule has 0 spiro atoms. The van der Waals surface area contributed by atoms with E-state index in [4.69, 9.17) is 10.5 Å². The first-order chi connectivity index (χ1) is 7.99. The average molecular weight is 236 g/mol. The number of nitrogen functional groups attached to an aromatic ring is 1. The topological polar surface area (TPSA) is 58.7 Å². The van der Waals surface area contributed by atoms with E-state index in [0.29, 0.717) is 18.0 Å². The van der Waals surface area contributed by atoms with Gasteiger partial charge in [-0.15, -0.1) is 0 Å². The van der Waals surface area contributed by atoms with Crippen molar-refractivity contribution in [3.8, 4) is 5.75 Å². The maximum atomic E-state index is 9.82. The van der Waals surface area contributed by atoms with E-state index >= 15 is 0 Å². The van der Waals surface area contributed by atoms with E-state index in [1.807, 2.05) is 6.07 Å². The number of morpholine rings is 1. The molecular weight excluding hydrogens is 216 g/mol. The normalized spacial score (nSPS) is 20.4. The maximum absolute atomic E-state index is 9.82. The molecule has 0 amide bonds. The Kier molecular flexibility index (Phi) is 3.26. The molecule has 1 saturated heterocycles. The molecule has 17 heavy (non-hydrogen) atoms. The van der Waals surface area contributed by atoms with Gasteiger partial charge in [0.25, 0.3) is 0 Å². The first-order valence-electron chi connectivity index (χ1n) is 5.89. The van der Waals surface area contributed by atoms with Gasteiger partial charge >= 0.3 is 0 Å². The van der Waals surface area contributed by atoms with E-state index in [9.17, 15) is 5.11 Å². The molecule has 1 aliphatic heterocycles. The lowest BCUT2D eigenvalue weighted by molar-refractivity contribution is -0.0554. The van der Waals surface area contributed by atoms with Gasteiger partial charge in [0.15, 0.2) is 0 Å². The predicted molar refractivity (Wildman–Crippen MR) is 67.8 cm³/mol. The van der Waals surface area contributed by atoms with Crippen molar-refractivity contribution in [3.05, 3.63) is 23.8 Å². The quantitative estimate of drug-likeness (QED) is 0.604. The zero-order valence-electron chi connectivity index (χ0n) is 10.4. The Hall–Kier alpha value is -1.26. The van der Waals surface area contributed by atoms with Gasteiger partial charge in [-0.1, -0.05) is 0 Å². The Labute approximate surface area is 102 Å². The second-order valence-corrected chi connectivity index (χ2v) is 5.17. The number of hydrogen-bond acceptors (Lipinski definition) is 4. The fourth-order valence-corrected chi connectivity index (χ4v) is 2.12. The van der Waals surface area contributed by atoms with Crippen molar-refractivity contribution in [3.63, 3.8) is 0 Å². The van der Waals surface area contributed by atoms with Gasteiger partial charge in [-0.25, -0.2) is 0 Å². The molecule has 4 heteroatoms. The van der Waals surface area contributed by atoms with Gasteiger partial charge in [-0.05, 0) is 32.0 Å². The van der Waals surface area contributed by atoms with Crippen LogP contribution in [0.15, 0.2) is 18.2 Å².